The number of carbonyl (C=O) groups excluding carboxylic acids is 2. The van der Waals surface area contributed by atoms with Crippen LogP contribution in [0.25, 0.3) is 0 Å². The molecule has 1 saturated heterocycles. The molecule has 5 nitrogen and oxygen atoms in total. The Balaban J connectivity index is 2.47. The highest BCUT2D eigenvalue weighted by atomic mass is 16.6. The van der Waals surface area contributed by atoms with Crippen molar-refractivity contribution < 1.29 is 14.3 Å². The van der Waals surface area contributed by atoms with E-state index in [9.17, 15) is 9.59 Å². The number of nitrogens with zero attached hydrogens (tertiary/aromatic N) is 1. The van der Waals surface area contributed by atoms with Crippen molar-refractivity contribution in [2.45, 2.75) is 66.4 Å². The molecule has 0 aromatic heterocycles. The zero-order valence-electron chi connectivity index (χ0n) is 15.0. The molecule has 1 aliphatic heterocycles. The number of ether oxygens (including phenoxy) is 1. The van der Waals surface area contributed by atoms with E-state index in [1.807, 2.05) is 41.5 Å². The van der Waals surface area contributed by atoms with Gasteiger partial charge in [-0.2, -0.15) is 0 Å². The Morgan fingerprint density at radius 1 is 1.23 bits per heavy atom. The van der Waals surface area contributed by atoms with Crippen LogP contribution in [0.2, 0.25) is 0 Å². The number of hydrogen-bond donors (Lipinski definition) is 1. The average molecular weight is 312 g/mol. The maximum Gasteiger partial charge on any atom is 0.410 e. The predicted molar refractivity (Wildman–Crippen MR) is 87.6 cm³/mol. The summed E-state index contributed by atoms with van der Waals surface area (Å²) in [5, 5.41) is 3.03. The first-order valence-corrected chi connectivity index (χ1v) is 8.31. The Bertz CT molecular complexity index is 399. The second kappa shape index (κ2) is 7.34. The van der Waals surface area contributed by atoms with Gasteiger partial charge in [-0.3, -0.25) is 4.79 Å². The van der Waals surface area contributed by atoms with E-state index in [4.69, 9.17) is 4.74 Å². The Morgan fingerprint density at radius 2 is 1.86 bits per heavy atom. The summed E-state index contributed by atoms with van der Waals surface area (Å²) >= 11 is 0. The standard InChI is InChI=1S/C17H32N2O3/c1-7-17(5,6)14(20)18-11-13-9-8-10-19(12-13)15(21)22-16(2,3)4/h13H,7-12H2,1-6H3,(H,18,20). The van der Waals surface area contributed by atoms with Crippen LogP contribution in [0.5, 0.6) is 0 Å². The summed E-state index contributed by atoms with van der Waals surface area (Å²) in [6, 6.07) is 0. The fourth-order valence-corrected chi connectivity index (χ4v) is 2.36. The van der Waals surface area contributed by atoms with Crippen LogP contribution in [0.3, 0.4) is 0 Å². The average Bonchev–Trinajstić information content (AvgIpc) is 2.43. The van der Waals surface area contributed by atoms with E-state index in [1.54, 1.807) is 4.90 Å². The Labute approximate surface area is 134 Å². The highest BCUT2D eigenvalue weighted by Gasteiger charge is 2.29. The summed E-state index contributed by atoms with van der Waals surface area (Å²) in [6.07, 6.45) is 2.55. The maximum absolute atomic E-state index is 12.1. The molecule has 0 aliphatic carbocycles. The minimum absolute atomic E-state index is 0.0874. The Hall–Kier alpha value is -1.26. The van der Waals surface area contributed by atoms with Crippen LogP contribution in [-0.4, -0.2) is 42.1 Å². The van der Waals surface area contributed by atoms with Crippen LogP contribution < -0.4 is 5.32 Å². The first-order valence-electron chi connectivity index (χ1n) is 8.31. The number of amides is 2. The fourth-order valence-electron chi connectivity index (χ4n) is 2.36. The topological polar surface area (TPSA) is 58.6 Å². The molecule has 1 aliphatic rings. The molecular weight excluding hydrogens is 280 g/mol. The lowest BCUT2D eigenvalue weighted by Gasteiger charge is -2.34. The summed E-state index contributed by atoms with van der Waals surface area (Å²) < 4.78 is 5.42. The monoisotopic (exact) mass is 312 g/mol. The summed E-state index contributed by atoms with van der Waals surface area (Å²) in [5.41, 5.74) is -0.803. The molecule has 0 aromatic carbocycles. The van der Waals surface area contributed by atoms with Gasteiger partial charge in [0.25, 0.3) is 0 Å². The molecule has 22 heavy (non-hydrogen) atoms. The largest absolute Gasteiger partial charge is 0.444 e. The SMILES string of the molecule is CCC(C)(C)C(=O)NCC1CCCN(C(=O)OC(C)(C)C)C1. The molecule has 0 radical (unpaired) electrons. The second-order valence-corrected chi connectivity index (χ2v) is 7.88. The maximum atomic E-state index is 12.1. The molecule has 0 bridgehead atoms. The third-order valence-electron chi connectivity index (χ3n) is 4.22. The number of rotatable bonds is 4. The molecular formula is C17H32N2O3. The van der Waals surface area contributed by atoms with Gasteiger partial charge in [-0.25, -0.2) is 4.79 Å². The van der Waals surface area contributed by atoms with Crippen LogP contribution >= 0.6 is 0 Å². The van der Waals surface area contributed by atoms with Gasteiger partial charge in [0.1, 0.15) is 5.60 Å². The zero-order valence-corrected chi connectivity index (χ0v) is 15.0. The highest BCUT2D eigenvalue weighted by Crippen LogP contribution is 2.21. The smallest absolute Gasteiger partial charge is 0.410 e. The molecule has 2 amide bonds. The van der Waals surface area contributed by atoms with Crippen molar-refractivity contribution in [3.8, 4) is 0 Å². The van der Waals surface area contributed by atoms with Gasteiger partial charge in [-0.15, -0.1) is 0 Å². The van der Waals surface area contributed by atoms with Crippen molar-refractivity contribution in [1.29, 1.82) is 0 Å². The molecule has 0 saturated carbocycles. The van der Waals surface area contributed by atoms with Crippen LogP contribution in [0.15, 0.2) is 0 Å². The zero-order chi connectivity index (χ0) is 17.0. The van der Waals surface area contributed by atoms with E-state index >= 15 is 0 Å². The van der Waals surface area contributed by atoms with Crippen molar-refractivity contribution >= 4 is 12.0 Å². The number of hydrogen-bond acceptors (Lipinski definition) is 3. The molecule has 1 N–H and O–H groups in total. The Kier molecular flexibility index (Phi) is 6.27. The number of likely N-dealkylation sites (tertiary alicyclic amines) is 1. The highest BCUT2D eigenvalue weighted by molar-refractivity contribution is 5.81. The summed E-state index contributed by atoms with van der Waals surface area (Å²) in [6.45, 7) is 13.6. The predicted octanol–water partition coefficient (Wildman–Crippen LogP) is 3.19. The number of piperidine rings is 1. The minimum atomic E-state index is -0.469. The van der Waals surface area contributed by atoms with Gasteiger partial charge in [0.05, 0.1) is 0 Å². The first kappa shape index (κ1) is 18.8. The third-order valence-corrected chi connectivity index (χ3v) is 4.22. The first-order chi connectivity index (χ1) is 10.0. The number of nitrogens with one attached hydrogen (secondary N) is 1. The molecule has 0 spiro atoms. The third kappa shape index (κ3) is 5.85. The molecule has 128 valence electrons. The lowest BCUT2D eigenvalue weighted by atomic mass is 9.89. The molecule has 0 aromatic rings. The van der Waals surface area contributed by atoms with Gasteiger partial charge >= 0.3 is 6.09 Å². The molecule has 1 rings (SSSR count). The van der Waals surface area contributed by atoms with Gasteiger partial charge in [0.15, 0.2) is 0 Å². The van der Waals surface area contributed by atoms with Gasteiger partial charge < -0.3 is 15.0 Å². The molecule has 1 atom stereocenters. The van der Waals surface area contributed by atoms with Crippen molar-refractivity contribution in [1.82, 2.24) is 10.2 Å². The van der Waals surface area contributed by atoms with Gasteiger partial charge in [0.2, 0.25) is 5.91 Å². The van der Waals surface area contributed by atoms with E-state index in [2.05, 4.69) is 5.32 Å². The van der Waals surface area contributed by atoms with E-state index in [1.165, 1.54) is 0 Å². The van der Waals surface area contributed by atoms with Crippen molar-refractivity contribution in [2.24, 2.45) is 11.3 Å². The normalized spacial score (nSPS) is 19.7. The summed E-state index contributed by atoms with van der Waals surface area (Å²) in [5.74, 6) is 0.391. The van der Waals surface area contributed by atoms with E-state index < -0.39 is 5.60 Å². The lowest BCUT2D eigenvalue weighted by Crippen LogP contribution is -2.47. The quantitative estimate of drug-likeness (QED) is 0.867. The van der Waals surface area contributed by atoms with Gasteiger partial charge in [-0.05, 0) is 46.0 Å². The van der Waals surface area contributed by atoms with Crippen molar-refractivity contribution in [3.63, 3.8) is 0 Å². The lowest BCUT2D eigenvalue weighted by molar-refractivity contribution is -0.129. The van der Waals surface area contributed by atoms with Gasteiger partial charge in [0, 0.05) is 25.0 Å². The van der Waals surface area contributed by atoms with Crippen molar-refractivity contribution in [3.05, 3.63) is 0 Å². The molecule has 1 heterocycles. The van der Waals surface area contributed by atoms with E-state index in [0.29, 0.717) is 19.0 Å². The van der Waals surface area contributed by atoms with Crippen LogP contribution in [0.4, 0.5) is 4.79 Å². The second-order valence-electron chi connectivity index (χ2n) is 7.88. The molecule has 5 heteroatoms. The van der Waals surface area contributed by atoms with E-state index in [-0.39, 0.29) is 17.4 Å². The molecule has 1 fully saturated rings. The van der Waals surface area contributed by atoms with Gasteiger partial charge in [-0.1, -0.05) is 20.8 Å². The van der Waals surface area contributed by atoms with Crippen LogP contribution in [-0.2, 0) is 9.53 Å². The Morgan fingerprint density at radius 3 is 2.41 bits per heavy atom. The van der Waals surface area contributed by atoms with Crippen LogP contribution in [0, 0.1) is 11.3 Å². The van der Waals surface area contributed by atoms with Crippen LogP contribution in [0.1, 0.15) is 60.8 Å². The van der Waals surface area contributed by atoms with E-state index in [0.717, 1.165) is 25.8 Å². The fraction of sp³-hybridized carbons (Fsp3) is 0.882. The summed E-state index contributed by atoms with van der Waals surface area (Å²) in [4.78, 5) is 26.0. The summed E-state index contributed by atoms with van der Waals surface area (Å²) in [7, 11) is 0. The number of carbonyl (C=O) groups is 2. The minimum Gasteiger partial charge on any atom is -0.444 e. The van der Waals surface area contributed by atoms with Crippen molar-refractivity contribution in [2.75, 3.05) is 19.6 Å². The molecule has 1 unspecified atom stereocenters.